The highest BCUT2D eigenvalue weighted by Crippen LogP contribution is 2.17. The van der Waals surface area contributed by atoms with E-state index in [0.717, 1.165) is 16.6 Å². The summed E-state index contributed by atoms with van der Waals surface area (Å²) >= 11 is 6.00. The van der Waals surface area contributed by atoms with Gasteiger partial charge in [0, 0.05) is 11.6 Å². The molecule has 3 aromatic rings. The molecule has 0 spiro atoms. The van der Waals surface area contributed by atoms with Gasteiger partial charge in [-0.1, -0.05) is 35.9 Å². The summed E-state index contributed by atoms with van der Waals surface area (Å²) in [4.78, 5) is 7.20. The summed E-state index contributed by atoms with van der Waals surface area (Å²) in [5.41, 5.74) is 3.48. The van der Waals surface area contributed by atoms with Crippen molar-refractivity contribution in [3.05, 3.63) is 64.9 Å². The molecule has 0 aliphatic rings. The molecule has 0 atom stereocenters. The Hall–Kier alpha value is -1.89. The summed E-state index contributed by atoms with van der Waals surface area (Å²) in [5, 5.41) is 0.461. The lowest BCUT2D eigenvalue weighted by Crippen LogP contribution is -2.27. The quantitative estimate of drug-likeness (QED) is 0.718. The van der Waals surface area contributed by atoms with Crippen LogP contribution in [-0.2, 0) is 22.2 Å². The molecule has 120 valence electrons. The zero-order valence-corrected chi connectivity index (χ0v) is 13.9. The fraction of sp³-hybridized carbons (Fsp3) is 0.188. The molecule has 0 amide bonds. The van der Waals surface area contributed by atoms with Crippen LogP contribution in [0.4, 0.5) is 0 Å². The van der Waals surface area contributed by atoms with Crippen LogP contribution in [0.15, 0.2) is 48.8 Å². The normalized spacial score (nSPS) is 11.9. The SMILES string of the molecule is O=S(=O)(Cc1ccccc1Cl)NCCc1ccc2nc[nH]c2c1. The maximum Gasteiger partial charge on any atom is 0.215 e. The van der Waals surface area contributed by atoms with E-state index in [9.17, 15) is 8.42 Å². The number of fused-ring (bicyclic) bond motifs is 1. The molecule has 0 fully saturated rings. The molecule has 2 aromatic carbocycles. The van der Waals surface area contributed by atoms with Crippen molar-refractivity contribution in [3.63, 3.8) is 0 Å². The summed E-state index contributed by atoms with van der Waals surface area (Å²) in [5.74, 6) is -0.119. The molecule has 0 radical (unpaired) electrons. The van der Waals surface area contributed by atoms with Gasteiger partial charge in [0.25, 0.3) is 0 Å². The van der Waals surface area contributed by atoms with Crippen LogP contribution in [0.2, 0.25) is 5.02 Å². The highest BCUT2D eigenvalue weighted by atomic mass is 35.5. The molecule has 0 unspecified atom stereocenters. The number of benzene rings is 2. The summed E-state index contributed by atoms with van der Waals surface area (Å²) in [6.45, 7) is 0.340. The minimum Gasteiger partial charge on any atom is -0.345 e. The van der Waals surface area contributed by atoms with Crippen LogP contribution < -0.4 is 4.72 Å². The topological polar surface area (TPSA) is 74.8 Å². The molecule has 23 heavy (non-hydrogen) atoms. The minimum atomic E-state index is -3.41. The van der Waals surface area contributed by atoms with Crippen LogP contribution in [0.1, 0.15) is 11.1 Å². The Kier molecular flexibility index (Phi) is 4.66. The summed E-state index contributed by atoms with van der Waals surface area (Å²) in [6.07, 6.45) is 2.25. The van der Waals surface area contributed by atoms with Gasteiger partial charge in [0.05, 0.1) is 23.1 Å². The van der Waals surface area contributed by atoms with Crippen LogP contribution in [0, 0.1) is 0 Å². The highest BCUT2D eigenvalue weighted by molar-refractivity contribution is 7.88. The molecule has 3 rings (SSSR count). The average Bonchev–Trinajstić information content (AvgIpc) is 2.97. The molecule has 0 aliphatic carbocycles. The summed E-state index contributed by atoms with van der Waals surface area (Å²) < 4.78 is 26.9. The predicted octanol–water partition coefficient (Wildman–Crippen LogP) is 2.88. The van der Waals surface area contributed by atoms with Gasteiger partial charge in [-0.15, -0.1) is 0 Å². The third-order valence-corrected chi connectivity index (χ3v) is 5.23. The van der Waals surface area contributed by atoms with E-state index in [-0.39, 0.29) is 5.75 Å². The minimum absolute atomic E-state index is 0.119. The number of halogens is 1. The summed E-state index contributed by atoms with van der Waals surface area (Å²) in [6, 6.07) is 12.8. The Labute approximate surface area is 139 Å². The van der Waals surface area contributed by atoms with Crippen LogP contribution in [0.3, 0.4) is 0 Å². The second-order valence-electron chi connectivity index (χ2n) is 5.25. The van der Waals surface area contributed by atoms with E-state index in [0.29, 0.717) is 23.6 Å². The Morgan fingerprint density at radius 1 is 1.17 bits per heavy atom. The first kappa shape index (κ1) is 16.0. The zero-order valence-electron chi connectivity index (χ0n) is 12.3. The van der Waals surface area contributed by atoms with Crippen LogP contribution in [0.5, 0.6) is 0 Å². The number of nitrogens with one attached hydrogen (secondary N) is 2. The van der Waals surface area contributed by atoms with Crippen LogP contribution in [0.25, 0.3) is 11.0 Å². The number of nitrogens with zero attached hydrogens (tertiary/aromatic N) is 1. The summed E-state index contributed by atoms with van der Waals surface area (Å²) in [7, 11) is -3.41. The first-order valence-corrected chi connectivity index (χ1v) is 9.19. The van der Waals surface area contributed by atoms with Gasteiger partial charge in [0.1, 0.15) is 0 Å². The van der Waals surface area contributed by atoms with E-state index in [1.165, 1.54) is 0 Å². The largest absolute Gasteiger partial charge is 0.345 e. The Bertz CT molecular complexity index is 922. The lowest BCUT2D eigenvalue weighted by molar-refractivity contribution is 0.581. The number of aromatic nitrogens is 2. The fourth-order valence-electron chi connectivity index (χ4n) is 2.36. The van der Waals surface area contributed by atoms with Crippen molar-refractivity contribution in [2.75, 3.05) is 6.54 Å². The lowest BCUT2D eigenvalue weighted by atomic mass is 10.1. The molecule has 7 heteroatoms. The van der Waals surface area contributed by atoms with Gasteiger partial charge in [-0.05, 0) is 35.7 Å². The van der Waals surface area contributed by atoms with Crippen molar-refractivity contribution in [2.45, 2.75) is 12.2 Å². The van der Waals surface area contributed by atoms with E-state index in [1.54, 1.807) is 30.6 Å². The van der Waals surface area contributed by atoms with E-state index >= 15 is 0 Å². The van der Waals surface area contributed by atoms with Gasteiger partial charge in [-0.25, -0.2) is 18.1 Å². The number of H-pyrrole nitrogens is 1. The van der Waals surface area contributed by atoms with Crippen molar-refractivity contribution in [3.8, 4) is 0 Å². The average molecular weight is 350 g/mol. The van der Waals surface area contributed by atoms with Crippen molar-refractivity contribution in [2.24, 2.45) is 0 Å². The smallest absolute Gasteiger partial charge is 0.215 e. The maximum atomic E-state index is 12.1. The van der Waals surface area contributed by atoms with Crippen LogP contribution in [-0.4, -0.2) is 24.9 Å². The van der Waals surface area contributed by atoms with Crippen molar-refractivity contribution in [1.82, 2.24) is 14.7 Å². The molecule has 0 aliphatic heterocycles. The highest BCUT2D eigenvalue weighted by Gasteiger charge is 2.13. The number of sulfonamides is 1. The standard InChI is InChI=1S/C16H16ClN3O2S/c17-14-4-2-1-3-13(14)10-23(21,22)20-8-7-12-5-6-15-16(9-12)19-11-18-15/h1-6,9,11,20H,7-8,10H2,(H,18,19). The molecular weight excluding hydrogens is 334 g/mol. The first-order chi connectivity index (χ1) is 11.0. The zero-order chi connectivity index (χ0) is 16.3. The van der Waals surface area contributed by atoms with Gasteiger partial charge in [-0.2, -0.15) is 0 Å². The molecule has 5 nitrogen and oxygen atoms in total. The van der Waals surface area contributed by atoms with E-state index < -0.39 is 10.0 Å². The Morgan fingerprint density at radius 3 is 2.83 bits per heavy atom. The number of hydrogen-bond donors (Lipinski definition) is 2. The molecule has 0 bridgehead atoms. The third-order valence-electron chi connectivity index (χ3n) is 3.52. The van der Waals surface area contributed by atoms with E-state index in [2.05, 4.69) is 14.7 Å². The Balaban J connectivity index is 1.59. The van der Waals surface area contributed by atoms with Gasteiger partial charge >= 0.3 is 0 Å². The third kappa shape index (κ3) is 4.10. The second kappa shape index (κ2) is 6.70. The molecule has 1 aromatic heterocycles. The monoisotopic (exact) mass is 349 g/mol. The van der Waals surface area contributed by atoms with Gasteiger partial charge in [-0.3, -0.25) is 0 Å². The van der Waals surface area contributed by atoms with Gasteiger partial charge in [0.2, 0.25) is 10.0 Å². The number of aromatic amines is 1. The van der Waals surface area contributed by atoms with Crippen LogP contribution >= 0.6 is 11.6 Å². The van der Waals surface area contributed by atoms with Gasteiger partial charge in [0.15, 0.2) is 0 Å². The number of rotatable bonds is 6. The van der Waals surface area contributed by atoms with E-state index in [1.807, 2.05) is 18.2 Å². The molecular formula is C16H16ClN3O2S. The number of imidazole rings is 1. The second-order valence-corrected chi connectivity index (χ2v) is 7.46. The van der Waals surface area contributed by atoms with E-state index in [4.69, 9.17) is 11.6 Å². The number of hydrogen-bond acceptors (Lipinski definition) is 3. The fourth-order valence-corrected chi connectivity index (χ4v) is 3.82. The molecule has 0 saturated carbocycles. The maximum absolute atomic E-state index is 12.1. The van der Waals surface area contributed by atoms with Crippen molar-refractivity contribution >= 4 is 32.7 Å². The molecule has 1 heterocycles. The van der Waals surface area contributed by atoms with Crippen molar-refractivity contribution < 1.29 is 8.42 Å². The Morgan fingerprint density at radius 2 is 2.00 bits per heavy atom. The molecule has 2 N–H and O–H groups in total. The van der Waals surface area contributed by atoms with Crippen molar-refractivity contribution in [1.29, 1.82) is 0 Å². The molecule has 0 saturated heterocycles. The van der Waals surface area contributed by atoms with Gasteiger partial charge < -0.3 is 4.98 Å². The first-order valence-electron chi connectivity index (χ1n) is 7.16. The lowest BCUT2D eigenvalue weighted by Gasteiger charge is -2.08. The predicted molar refractivity (Wildman–Crippen MR) is 91.9 cm³/mol.